The molecule has 2 heterocycles. The maximum Gasteiger partial charge on any atom is 0.331 e. The molecule has 3 aromatic rings. The van der Waals surface area contributed by atoms with Crippen LogP contribution in [0.2, 0.25) is 5.02 Å². The highest BCUT2D eigenvalue weighted by Crippen LogP contribution is 2.28. The average molecular weight is 380 g/mol. The van der Waals surface area contributed by atoms with Gasteiger partial charge in [0.1, 0.15) is 10.6 Å². The first-order chi connectivity index (χ1) is 11.8. The van der Waals surface area contributed by atoms with Gasteiger partial charge in [0.15, 0.2) is 0 Å². The van der Waals surface area contributed by atoms with Crippen molar-refractivity contribution in [3.63, 3.8) is 0 Å². The van der Waals surface area contributed by atoms with Gasteiger partial charge >= 0.3 is 5.69 Å². The van der Waals surface area contributed by atoms with Crippen molar-refractivity contribution in [1.29, 1.82) is 0 Å². The molecule has 25 heavy (non-hydrogen) atoms. The highest BCUT2D eigenvalue weighted by atomic mass is 35.5. The molecular weight excluding hydrogens is 366 g/mol. The number of anilines is 1. The molecule has 130 valence electrons. The summed E-state index contributed by atoms with van der Waals surface area (Å²) in [4.78, 5) is 37.4. The molecule has 0 aliphatic rings. The van der Waals surface area contributed by atoms with Gasteiger partial charge in [0, 0.05) is 19.8 Å². The van der Waals surface area contributed by atoms with E-state index in [1.54, 1.807) is 25.2 Å². The van der Waals surface area contributed by atoms with E-state index in [1.807, 2.05) is 0 Å². The number of rotatable bonds is 3. The van der Waals surface area contributed by atoms with Gasteiger partial charge in [0.25, 0.3) is 11.5 Å². The zero-order chi connectivity index (χ0) is 18.3. The maximum absolute atomic E-state index is 12.5. The van der Waals surface area contributed by atoms with Crippen LogP contribution in [0.5, 0.6) is 5.75 Å². The topological polar surface area (TPSA) is 82.3 Å². The zero-order valence-electron chi connectivity index (χ0n) is 13.6. The van der Waals surface area contributed by atoms with E-state index in [9.17, 15) is 14.4 Å². The molecule has 0 saturated carbocycles. The lowest BCUT2D eigenvalue weighted by molar-refractivity contribution is 0.103. The number of carbonyl (C=O) groups excluding carboxylic acids is 1. The number of carbonyl (C=O) groups is 1. The predicted molar refractivity (Wildman–Crippen MR) is 98.3 cm³/mol. The van der Waals surface area contributed by atoms with E-state index >= 15 is 0 Å². The number of halogens is 1. The summed E-state index contributed by atoms with van der Waals surface area (Å²) in [5.41, 5.74) is -0.371. The Morgan fingerprint density at radius 3 is 2.56 bits per heavy atom. The third kappa shape index (κ3) is 2.94. The van der Waals surface area contributed by atoms with Crippen molar-refractivity contribution in [2.24, 2.45) is 14.1 Å². The monoisotopic (exact) mass is 379 g/mol. The molecule has 1 aromatic carbocycles. The quantitative estimate of drug-likeness (QED) is 0.756. The lowest BCUT2D eigenvalue weighted by Gasteiger charge is -2.07. The number of ether oxygens (including phenoxy) is 1. The van der Waals surface area contributed by atoms with Gasteiger partial charge in [-0.3, -0.25) is 18.7 Å². The molecule has 0 spiro atoms. The van der Waals surface area contributed by atoms with Crippen LogP contribution in [0.25, 0.3) is 10.2 Å². The predicted octanol–water partition coefficient (Wildman–Crippen LogP) is 2.21. The van der Waals surface area contributed by atoms with Gasteiger partial charge in [-0.1, -0.05) is 11.6 Å². The van der Waals surface area contributed by atoms with Crippen LogP contribution in [0, 0.1) is 0 Å². The smallest absolute Gasteiger partial charge is 0.331 e. The Labute approximate surface area is 151 Å². The lowest BCUT2D eigenvalue weighted by Crippen LogP contribution is -2.36. The second kappa shape index (κ2) is 6.38. The van der Waals surface area contributed by atoms with Crippen LogP contribution in [-0.4, -0.2) is 22.2 Å². The number of fused-ring (bicyclic) bond motifs is 1. The van der Waals surface area contributed by atoms with Gasteiger partial charge in [-0.2, -0.15) is 0 Å². The number of thiophene rings is 1. The number of aryl methyl sites for hydroxylation is 1. The first-order valence-electron chi connectivity index (χ1n) is 7.18. The molecule has 7 nitrogen and oxygen atoms in total. The fourth-order valence-electron chi connectivity index (χ4n) is 2.41. The van der Waals surface area contributed by atoms with Gasteiger partial charge in [-0.15, -0.1) is 11.3 Å². The number of hydrogen-bond donors (Lipinski definition) is 1. The summed E-state index contributed by atoms with van der Waals surface area (Å²) < 4.78 is 7.43. The molecule has 0 unspecified atom stereocenters. The van der Waals surface area contributed by atoms with Crippen LogP contribution in [0.15, 0.2) is 33.9 Å². The Kier molecular flexibility index (Phi) is 4.40. The van der Waals surface area contributed by atoms with Crippen LogP contribution in [-0.2, 0) is 14.1 Å². The van der Waals surface area contributed by atoms with Gasteiger partial charge < -0.3 is 10.1 Å². The van der Waals surface area contributed by atoms with Gasteiger partial charge in [0.2, 0.25) is 0 Å². The number of benzene rings is 1. The summed E-state index contributed by atoms with van der Waals surface area (Å²) in [5, 5.41) is 3.41. The maximum atomic E-state index is 12.5. The molecule has 0 radical (unpaired) electrons. The minimum absolute atomic E-state index is 0.320. The van der Waals surface area contributed by atoms with E-state index in [-0.39, 0.29) is 0 Å². The summed E-state index contributed by atoms with van der Waals surface area (Å²) in [7, 11) is 4.47. The molecule has 3 rings (SSSR count). The fourth-order valence-corrected chi connectivity index (χ4v) is 3.67. The molecule has 2 aromatic heterocycles. The highest BCUT2D eigenvalue weighted by molar-refractivity contribution is 7.20. The summed E-state index contributed by atoms with van der Waals surface area (Å²) >= 11 is 7.12. The minimum atomic E-state index is -0.437. The number of hydrogen-bond acceptors (Lipinski definition) is 5. The van der Waals surface area contributed by atoms with Crippen LogP contribution in [0.4, 0.5) is 5.69 Å². The molecule has 9 heteroatoms. The minimum Gasteiger partial charge on any atom is -0.495 e. The fraction of sp³-hybridized carbons (Fsp3) is 0.188. The Morgan fingerprint density at radius 2 is 1.92 bits per heavy atom. The van der Waals surface area contributed by atoms with Gasteiger partial charge in [-0.05, 0) is 24.3 Å². The van der Waals surface area contributed by atoms with E-state index in [0.717, 1.165) is 15.9 Å². The number of aromatic nitrogens is 2. The first-order valence-corrected chi connectivity index (χ1v) is 8.37. The van der Waals surface area contributed by atoms with E-state index in [1.165, 1.54) is 24.8 Å². The summed E-state index contributed by atoms with van der Waals surface area (Å²) in [5.74, 6) is 0.108. The second-order valence-corrected chi connectivity index (χ2v) is 6.78. The summed E-state index contributed by atoms with van der Waals surface area (Å²) in [6.07, 6.45) is 0. The van der Waals surface area contributed by atoms with Crippen molar-refractivity contribution < 1.29 is 9.53 Å². The van der Waals surface area contributed by atoms with E-state index in [4.69, 9.17) is 16.3 Å². The van der Waals surface area contributed by atoms with Gasteiger partial charge in [-0.25, -0.2) is 4.79 Å². The second-order valence-electron chi connectivity index (χ2n) is 5.34. The van der Waals surface area contributed by atoms with E-state index in [2.05, 4.69) is 5.32 Å². The molecule has 1 N–H and O–H groups in total. The number of nitrogens with zero attached hydrogens (tertiary/aromatic N) is 2. The largest absolute Gasteiger partial charge is 0.495 e. The number of methoxy groups -OCH3 is 1. The van der Waals surface area contributed by atoms with Crippen molar-refractivity contribution >= 4 is 44.7 Å². The Morgan fingerprint density at radius 1 is 1.20 bits per heavy atom. The average Bonchev–Trinajstić information content (AvgIpc) is 3.04. The van der Waals surface area contributed by atoms with Crippen molar-refractivity contribution in [2.75, 3.05) is 12.4 Å². The molecule has 0 saturated heterocycles. The SMILES string of the molecule is COc1ccc(NC(=O)c2cc3c(=O)n(C)c(=O)n(C)c3s2)cc1Cl. The van der Waals surface area contributed by atoms with Gasteiger partial charge in [0.05, 0.1) is 22.4 Å². The summed E-state index contributed by atoms with van der Waals surface area (Å²) in [6, 6.07) is 6.36. The number of nitrogens with one attached hydrogen (secondary N) is 1. The lowest BCUT2D eigenvalue weighted by atomic mass is 10.3. The molecule has 0 aliphatic carbocycles. The molecule has 0 aliphatic heterocycles. The van der Waals surface area contributed by atoms with E-state index < -0.39 is 17.2 Å². The van der Waals surface area contributed by atoms with Crippen molar-refractivity contribution in [3.05, 3.63) is 55.0 Å². The van der Waals surface area contributed by atoms with Crippen LogP contribution in [0.1, 0.15) is 9.67 Å². The van der Waals surface area contributed by atoms with E-state index in [0.29, 0.717) is 31.6 Å². The Bertz CT molecular complexity index is 1110. The zero-order valence-corrected chi connectivity index (χ0v) is 15.2. The third-order valence-corrected chi connectivity index (χ3v) is 5.27. The summed E-state index contributed by atoms with van der Waals surface area (Å²) in [6.45, 7) is 0. The van der Waals surface area contributed by atoms with Crippen LogP contribution < -0.4 is 21.3 Å². The van der Waals surface area contributed by atoms with Crippen LogP contribution in [0.3, 0.4) is 0 Å². The molecule has 0 bridgehead atoms. The molecule has 0 fully saturated rings. The molecule has 1 amide bonds. The van der Waals surface area contributed by atoms with Crippen LogP contribution >= 0.6 is 22.9 Å². The Balaban J connectivity index is 1.99. The standard InChI is InChI=1S/C16H14ClN3O4S/c1-19-14(22)9-7-12(25-15(9)20(2)16(19)23)13(21)18-8-4-5-11(24-3)10(17)6-8/h4-7H,1-3H3,(H,18,21). The number of amides is 1. The normalized spacial score (nSPS) is 10.9. The first kappa shape index (κ1) is 17.2. The highest BCUT2D eigenvalue weighted by Gasteiger charge is 2.17. The van der Waals surface area contributed by atoms with Crippen molar-refractivity contribution in [1.82, 2.24) is 9.13 Å². The van der Waals surface area contributed by atoms with Crippen molar-refractivity contribution in [2.45, 2.75) is 0 Å². The molecular formula is C16H14ClN3O4S. The third-order valence-electron chi connectivity index (χ3n) is 3.76. The molecule has 0 atom stereocenters. The van der Waals surface area contributed by atoms with Crippen molar-refractivity contribution in [3.8, 4) is 5.75 Å². The Hall–Kier alpha value is -2.58.